The van der Waals surface area contributed by atoms with E-state index in [1.165, 1.54) is 29.6 Å². The van der Waals surface area contributed by atoms with Crippen molar-refractivity contribution < 1.29 is 31.5 Å². The van der Waals surface area contributed by atoms with E-state index in [1.807, 2.05) is 0 Å². The van der Waals surface area contributed by atoms with Gasteiger partial charge >= 0.3 is 6.61 Å². The molecule has 10 heteroatoms. The van der Waals surface area contributed by atoms with Gasteiger partial charge in [0.15, 0.2) is 11.5 Å². The van der Waals surface area contributed by atoms with Crippen LogP contribution in [0.5, 0.6) is 11.5 Å². The van der Waals surface area contributed by atoms with Gasteiger partial charge in [-0.3, -0.25) is 4.79 Å². The third-order valence-electron chi connectivity index (χ3n) is 3.87. The number of benzene rings is 1. The van der Waals surface area contributed by atoms with Crippen molar-refractivity contribution >= 4 is 21.6 Å². The zero-order valence-electron chi connectivity index (χ0n) is 13.9. The highest BCUT2D eigenvalue weighted by molar-refractivity contribution is 7.88. The lowest BCUT2D eigenvalue weighted by atomic mass is 9.98. The molecular formula is C15H20F2N2O5S. The van der Waals surface area contributed by atoms with Crippen LogP contribution in [0.25, 0.3) is 0 Å². The second-order valence-corrected chi connectivity index (χ2v) is 7.68. The number of alkyl halides is 2. The van der Waals surface area contributed by atoms with Gasteiger partial charge < -0.3 is 14.8 Å². The highest BCUT2D eigenvalue weighted by atomic mass is 32.2. The number of amides is 1. The maximum atomic E-state index is 12.4. The van der Waals surface area contributed by atoms with Crippen LogP contribution < -0.4 is 14.8 Å². The van der Waals surface area contributed by atoms with Crippen LogP contribution in [-0.2, 0) is 14.8 Å². The van der Waals surface area contributed by atoms with E-state index in [2.05, 4.69) is 10.1 Å². The highest BCUT2D eigenvalue weighted by Crippen LogP contribution is 2.32. The predicted octanol–water partition coefficient (Wildman–Crippen LogP) is 1.91. The summed E-state index contributed by atoms with van der Waals surface area (Å²) in [5.41, 5.74) is 0.347. The predicted molar refractivity (Wildman–Crippen MR) is 87.4 cm³/mol. The minimum atomic E-state index is -3.35. The Bertz CT molecular complexity index is 727. The summed E-state index contributed by atoms with van der Waals surface area (Å²) in [4.78, 5) is 12.4. The van der Waals surface area contributed by atoms with Gasteiger partial charge in [0, 0.05) is 24.8 Å². The van der Waals surface area contributed by atoms with E-state index in [0.717, 1.165) is 6.26 Å². The van der Waals surface area contributed by atoms with Gasteiger partial charge in [0.25, 0.3) is 0 Å². The summed E-state index contributed by atoms with van der Waals surface area (Å²) in [6, 6.07) is 4.05. The SMILES string of the molecule is COc1cc(NC(=O)[C@H]2CCCN(S(C)(=O)=O)C2)ccc1OC(F)F. The number of rotatable bonds is 6. The van der Waals surface area contributed by atoms with Crippen molar-refractivity contribution in [3.05, 3.63) is 18.2 Å². The van der Waals surface area contributed by atoms with Crippen LogP contribution in [0, 0.1) is 5.92 Å². The molecule has 7 nitrogen and oxygen atoms in total. The lowest BCUT2D eigenvalue weighted by Crippen LogP contribution is -2.43. The first kappa shape index (κ1) is 19.4. The minimum absolute atomic E-state index is 0.0551. The fourth-order valence-electron chi connectivity index (χ4n) is 2.64. The van der Waals surface area contributed by atoms with E-state index in [9.17, 15) is 22.0 Å². The molecular weight excluding hydrogens is 358 g/mol. The van der Waals surface area contributed by atoms with Crippen LogP contribution >= 0.6 is 0 Å². The van der Waals surface area contributed by atoms with Gasteiger partial charge in [-0.15, -0.1) is 0 Å². The number of anilines is 1. The number of halogens is 2. The normalized spacial score (nSPS) is 18.8. The van der Waals surface area contributed by atoms with E-state index in [0.29, 0.717) is 25.1 Å². The van der Waals surface area contributed by atoms with Crippen LogP contribution in [0.2, 0.25) is 0 Å². The average molecular weight is 378 g/mol. The van der Waals surface area contributed by atoms with Gasteiger partial charge in [-0.2, -0.15) is 8.78 Å². The van der Waals surface area contributed by atoms with E-state index >= 15 is 0 Å². The molecule has 1 aromatic carbocycles. The number of methoxy groups -OCH3 is 1. The van der Waals surface area contributed by atoms with Crippen molar-refractivity contribution in [2.24, 2.45) is 5.92 Å². The Balaban J connectivity index is 2.07. The van der Waals surface area contributed by atoms with Crippen molar-refractivity contribution in [3.63, 3.8) is 0 Å². The Morgan fingerprint density at radius 3 is 2.68 bits per heavy atom. The van der Waals surface area contributed by atoms with Crippen LogP contribution in [0.3, 0.4) is 0 Å². The second-order valence-electron chi connectivity index (χ2n) is 5.69. The van der Waals surface area contributed by atoms with E-state index in [-0.39, 0.29) is 24.0 Å². The molecule has 1 fully saturated rings. The average Bonchev–Trinajstić information content (AvgIpc) is 2.55. The van der Waals surface area contributed by atoms with E-state index in [1.54, 1.807) is 0 Å². The summed E-state index contributed by atoms with van der Waals surface area (Å²) < 4.78 is 58.5. The van der Waals surface area contributed by atoms with Crippen molar-refractivity contribution in [1.29, 1.82) is 0 Å². The summed E-state index contributed by atoms with van der Waals surface area (Å²) in [5, 5.41) is 2.66. The Morgan fingerprint density at radius 2 is 2.08 bits per heavy atom. The Morgan fingerprint density at radius 1 is 1.36 bits per heavy atom. The van der Waals surface area contributed by atoms with Gasteiger partial charge in [-0.05, 0) is 25.0 Å². The lowest BCUT2D eigenvalue weighted by molar-refractivity contribution is -0.120. The number of sulfonamides is 1. The summed E-state index contributed by atoms with van der Waals surface area (Å²) in [6.45, 7) is -2.47. The number of hydrogen-bond acceptors (Lipinski definition) is 5. The summed E-state index contributed by atoms with van der Waals surface area (Å²) >= 11 is 0. The number of hydrogen-bond donors (Lipinski definition) is 1. The molecule has 0 radical (unpaired) electrons. The zero-order valence-corrected chi connectivity index (χ0v) is 14.7. The first-order valence-electron chi connectivity index (χ1n) is 7.59. The van der Waals surface area contributed by atoms with Crippen molar-refractivity contribution in [2.45, 2.75) is 19.5 Å². The van der Waals surface area contributed by atoms with Crippen LogP contribution in [0.4, 0.5) is 14.5 Å². The largest absolute Gasteiger partial charge is 0.493 e. The first-order valence-corrected chi connectivity index (χ1v) is 9.44. The molecule has 1 saturated heterocycles. The van der Waals surface area contributed by atoms with Crippen molar-refractivity contribution in [3.8, 4) is 11.5 Å². The van der Waals surface area contributed by atoms with Crippen LogP contribution in [0.1, 0.15) is 12.8 Å². The molecule has 140 valence electrons. The van der Waals surface area contributed by atoms with Crippen LogP contribution in [0.15, 0.2) is 18.2 Å². The molecule has 0 unspecified atom stereocenters. The molecule has 0 aliphatic carbocycles. The summed E-state index contributed by atoms with van der Waals surface area (Å²) in [5.74, 6) is -0.902. The molecule has 1 aromatic rings. The number of nitrogens with zero attached hydrogens (tertiary/aromatic N) is 1. The summed E-state index contributed by atoms with van der Waals surface area (Å²) in [6.07, 6.45) is 2.27. The standard InChI is InChI=1S/C15H20F2N2O5S/c1-23-13-8-11(5-6-12(13)24-15(16)17)18-14(20)10-4-3-7-19(9-10)25(2,21)22/h5-6,8,10,15H,3-4,7,9H2,1-2H3,(H,18,20)/t10-/m0/s1. The molecule has 1 atom stereocenters. The topological polar surface area (TPSA) is 84.9 Å². The maximum absolute atomic E-state index is 12.4. The molecule has 0 saturated carbocycles. The van der Waals surface area contributed by atoms with Gasteiger partial charge in [0.2, 0.25) is 15.9 Å². The molecule has 25 heavy (non-hydrogen) atoms. The molecule has 1 heterocycles. The highest BCUT2D eigenvalue weighted by Gasteiger charge is 2.30. The molecule has 2 rings (SSSR count). The zero-order chi connectivity index (χ0) is 18.6. The van der Waals surface area contributed by atoms with Crippen molar-refractivity contribution in [2.75, 3.05) is 31.8 Å². The Kier molecular flexibility index (Phi) is 6.17. The molecule has 1 amide bonds. The lowest BCUT2D eigenvalue weighted by Gasteiger charge is -2.30. The second kappa shape index (κ2) is 7.96. The quantitative estimate of drug-likeness (QED) is 0.817. The minimum Gasteiger partial charge on any atom is -0.493 e. The van der Waals surface area contributed by atoms with Gasteiger partial charge in [-0.25, -0.2) is 12.7 Å². The Hall–Kier alpha value is -1.94. The number of piperidine rings is 1. The van der Waals surface area contributed by atoms with Gasteiger partial charge in [0.1, 0.15) is 0 Å². The molecule has 1 aliphatic rings. The fourth-order valence-corrected chi connectivity index (χ4v) is 3.55. The maximum Gasteiger partial charge on any atom is 0.387 e. The molecule has 0 spiro atoms. The monoisotopic (exact) mass is 378 g/mol. The molecule has 1 N–H and O–H groups in total. The van der Waals surface area contributed by atoms with Gasteiger partial charge in [-0.1, -0.05) is 0 Å². The third kappa shape index (κ3) is 5.27. The first-order chi connectivity index (χ1) is 11.7. The number of nitrogens with one attached hydrogen (secondary N) is 1. The third-order valence-corrected chi connectivity index (χ3v) is 5.14. The summed E-state index contributed by atoms with van der Waals surface area (Å²) in [7, 11) is -2.05. The van der Waals surface area contributed by atoms with E-state index < -0.39 is 22.6 Å². The molecule has 1 aliphatic heterocycles. The fraction of sp³-hybridized carbons (Fsp3) is 0.533. The van der Waals surface area contributed by atoms with Crippen LogP contribution in [-0.4, -0.2) is 51.7 Å². The van der Waals surface area contributed by atoms with Crippen molar-refractivity contribution in [1.82, 2.24) is 4.31 Å². The molecule has 0 bridgehead atoms. The number of ether oxygens (including phenoxy) is 2. The smallest absolute Gasteiger partial charge is 0.387 e. The Labute approximate surface area is 145 Å². The van der Waals surface area contributed by atoms with Gasteiger partial charge in [0.05, 0.1) is 19.3 Å². The number of carbonyl (C=O) groups is 1. The number of carbonyl (C=O) groups excluding carboxylic acids is 1. The van der Waals surface area contributed by atoms with E-state index in [4.69, 9.17) is 4.74 Å². The molecule has 0 aromatic heterocycles.